The molecule has 0 radical (unpaired) electrons. The fourth-order valence-corrected chi connectivity index (χ4v) is 3.47. The van der Waals surface area contributed by atoms with E-state index in [1.165, 1.54) is 18.1 Å². The molecule has 19 heavy (non-hydrogen) atoms. The molecule has 0 amide bonds. The van der Waals surface area contributed by atoms with Gasteiger partial charge in [0.15, 0.2) is 0 Å². The van der Waals surface area contributed by atoms with Crippen LogP contribution in [0.4, 0.5) is 0 Å². The molecule has 1 aromatic carbocycles. The van der Waals surface area contributed by atoms with E-state index in [1.54, 1.807) is 6.21 Å². The fourth-order valence-electron chi connectivity index (χ4n) is 3.47. The predicted octanol–water partition coefficient (Wildman–Crippen LogP) is 3.16. The second kappa shape index (κ2) is 3.80. The second-order valence-electron chi connectivity index (χ2n) is 5.83. The van der Waals surface area contributed by atoms with Gasteiger partial charge in [0.1, 0.15) is 0 Å². The van der Waals surface area contributed by atoms with E-state index in [2.05, 4.69) is 60.3 Å². The summed E-state index contributed by atoms with van der Waals surface area (Å²) in [4.78, 5) is 15.5. The zero-order chi connectivity index (χ0) is 13.7. The Labute approximate surface area is 113 Å². The maximum atomic E-state index is 10.8. The van der Waals surface area contributed by atoms with Crippen LogP contribution < -0.4 is 0 Å². The second-order valence-corrected chi connectivity index (χ2v) is 5.83. The van der Waals surface area contributed by atoms with Gasteiger partial charge >= 0.3 is 5.97 Å². The molecular weight excluding hydrogens is 238 g/mol. The molecule has 3 nitrogen and oxygen atoms in total. The summed E-state index contributed by atoms with van der Waals surface area (Å²) in [6.45, 7) is 5.81. The summed E-state index contributed by atoms with van der Waals surface area (Å²) in [5, 5.41) is 3.81. The molecule has 1 aromatic rings. The van der Waals surface area contributed by atoms with Crippen LogP contribution in [0.25, 0.3) is 6.08 Å². The molecule has 1 spiro atoms. The third-order valence-electron chi connectivity index (χ3n) is 4.57. The third kappa shape index (κ3) is 1.51. The standard InChI is InChI=1S/C16H17NO2/c1-11(18)19-17-10-14-15(2,3)16(14)9-8-12-6-4-5-7-13(12)16/h4-10,14H,1-3H3/b17-10+/t14-,16?/m0/s1. The molecule has 0 bridgehead atoms. The first-order valence-corrected chi connectivity index (χ1v) is 6.50. The summed E-state index contributed by atoms with van der Waals surface area (Å²) in [6, 6.07) is 8.44. The molecule has 0 aliphatic heterocycles. The number of allylic oxidation sites excluding steroid dienone is 1. The molecule has 0 saturated heterocycles. The molecule has 98 valence electrons. The molecule has 0 N–H and O–H groups in total. The van der Waals surface area contributed by atoms with Gasteiger partial charge in [0.05, 0.1) is 0 Å². The zero-order valence-corrected chi connectivity index (χ0v) is 11.4. The SMILES string of the molecule is CC(=O)O/N=C/[C@H]1C(C)(C)C12C=Cc1ccccc12. The molecule has 2 atom stereocenters. The van der Waals surface area contributed by atoms with E-state index in [1.807, 2.05) is 0 Å². The topological polar surface area (TPSA) is 38.7 Å². The number of hydrogen-bond acceptors (Lipinski definition) is 3. The van der Waals surface area contributed by atoms with Crippen molar-refractivity contribution in [3.8, 4) is 0 Å². The molecule has 1 saturated carbocycles. The fraction of sp³-hybridized carbons (Fsp3) is 0.375. The van der Waals surface area contributed by atoms with Crippen LogP contribution >= 0.6 is 0 Å². The van der Waals surface area contributed by atoms with Gasteiger partial charge in [0.25, 0.3) is 0 Å². The van der Waals surface area contributed by atoms with Gasteiger partial charge in [-0.25, -0.2) is 4.79 Å². The van der Waals surface area contributed by atoms with Crippen LogP contribution in [0.1, 0.15) is 31.9 Å². The lowest BCUT2D eigenvalue weighted by molar-refractivity contribution is -0.140. The van der Waals surface area contributed by atoms with E-state index in [9.17, 15) is 4.79 Å². The lowest BCUT2D eigenvalue weighted by atomic mass is 9.90. The first kappa shape index (κ1) is 12.2. The average Bonchev–Trinajstić information content (AvgIpc) is 2.70. The van der Waals surface area contributed by atoms with Gasteiger partial charge in [-0.15, -0.1) is 0 Å². The van der Waals surface area contributed by atoms with Gasteiger partial charge in [-0.2, -0.15) is 0 Å². The number of oxime groups is 1. The van der Waals surface area contributed by atoms with Gasteiger partial charge < -0.3 is 4.84 Å². The van der Waals surface area contributed by atoms with Crippen molar-refractivity contribution < 1.29 is 9.63 Å². The molecule has 1 fully saturated rings. The Hall–Kier alpha value is -1.90. The average molecular weight is 255 g/mol. The third-order valence-corrected chi connectivity index (χ3v) is 4.57. The van der Waals surface area contributed by atoms with E-state index in [0.717, 1.165) is 0 Å². The summed E-state index contributed by atoms with van der Waals surface area (Å²) in [6.07, 6.45) is 6.21. The van der Waals surface area contributed by atoms with E-state index in [0.29, 0.717) is 0 Å². The minimum absolute atomic E-state index is 0.00718. The van der Waals surface area contributed by atoms with E-state index < -0.39 is 0 Å². The Morgan fingerprint density at radius 3 is 2.84 bits per heavy atom. The smallest absolute Gasteiger partial charge is 0.319 e. The van der Waals surface area contributed by atoms with Crippen LogP contribution in [0.5, 0.6) is 0 Å². The number of rotatable bonds is 2. The highest BCUT2D eigenvalue weighted by Crippen LogP contribution is 2.71. The Morgan fingerprint density at radius 1 is 1.37 bits per heavy atom. The minimum atomic E-state index is -0.383. The van der Waals surface area contributed by atoms with Crippen molar-refractivity contribution in [3.63, 3.8) is 0 Å². The van der Waals surface area contributed by atoms with Crippen molar-refractivity contribution in [3.05, 3.63) is 41.5 Å². The summed E-state index contributed by atoms with van der Waals surface area (Å²) in [5.41, 5.74) is 2.73. The molecule has 2 aliphatic rings. The molecule has 0 heterocycles. The van der Waals surface area contributed by atoms with Gasteiger partial charge in [-0.05, 0) is 16.5 Å². The first-order valence-electron chi connectivity index (χ1n) is 6.50. The van der Waals surface area contributed by atoms with Crippen LogP contribution in [0.15, 0.2) is 35.5 Å². The Kier molecular flexibility index (Phi) is 2.43. The molecule has 1 unspecified atom stereocenters. The predicted molar refractivity (Wildman–Crippen MR) is 74.7 cm³/mol. The van der Waals surface area contributed by atoms with Crippen molar-refractivity contribution in [2.45, 2.75) is 26.2 Å². The van der Waals surface area contributed by atoms with Crippen molar-refractivity contribution in [2.24, 2.45) is 16.5 Å². The minimum Gasteiger partial charge on any atom is -0.319 e. The Balaban J connectivity index is 1.93. The van der Waals surface area contributed by atoms with E-state index in [4.69, 9.17) is 0 Å². The van der Waals surface area contributed by atoms with Crippen molar-refractivity contribution in [1.29, 1.82) is 0 Å². The zero-order valence-electron chi connectivity index (χ0n) is 11.4. The largest absolute Gasteiger partial charge is 0.331 e. The Bertz CT molecular complexity index is 601. The van der Waals surface area contributed by atoms with Crippen LogP contribution in [-0.2, 0) is 15.0 Å². The summed E-state index contributed by atoms with van der Waals surface area (Å²) < 4.78 is 0. The van der Waals surface area contributed by atoms with Crippen LogP contribution in [-0.4, -0.2) is 12.2 Å². The van der Waals surface area contributed by atoms with Crippen molar-refractivity contribution >= 4 is 18.3 Å². The molecule has 2 aliphatic carbocycles. The summed E-state index contributed by atoms with van der Waals surface area (Å²) in [7, 11) is 0. The highest BCUT2D eigenvalue weighted by Gasteiger charge is 2.71. The van der Waals surface area contributed by atoms with Gasteiger partial charge in [0.2, 0.25) is 0 Å². The highest BCUT2D eigenvalue weighted by atomic mass is 16.7. The summed E-state index contributed by atoms with van der Waals surface area (Å²) >= 11 is 0. The molecule has 3 heteroatoms. The number of hydrogen-bond donors (Lipinski definition) is 0. The number of benzene rings is 1. The van der Waals surface area contributed by atoms with Crippen LogP contribution in [0.2, 0.25) is 0 Å². The maximum Gasteiger partial charge on any atom is 0.331 e. The van der Waals surface area contributed by atoms with Crippen LogP contribution in [0, 0.1) is 11.3 Å². The van der Waals surface area contributed by atoms with Gasteiger partial charge in [-0.3, -0.25) is 0 Å². The quantitative estimate of drug-likeness (QED) is 0.462. The Morgan fingerprint density at radius 2 is 2.11 bits per heavy atom. The van der Waals surface area contributed by atoms with Crippen molar-refractivity contribution in [1.82, 2.24) is 0 Å². The molecule has 0 aromatic heterocycles. The number of carbonyl (C=O) groups excluding carboxylic acids is 1. The van der Waals surface area contributed by atoms with E-state index >= 15 is 0 Å². The van der Waals surface area contributed by atoms with E-state index in [-0.39, 0.29) is 22.7 Å². The monoisotopic (exact) mass is 255 g/mol. The highest BCUT2D eigenvalue weighted by molar-refractivity contribution is 5.81. The lowest BCUT2D eigenvalue weighted by Gasteiger charge is -2.13. The van der Waals surface area contributed by atoms with Gasteiger partial charge in [0, 0.05) is 24.5 Å². The van der Waals surface area contributed by atoms with Crippen molar-refractivity contribution in [2.75, 3.05) is 0 Å². The normalized spacial score (nSPS) is 29.7. The number of nitrogens with zero attached hydrogens (tertiary/aromatic N) is 1. The van der Waals surface area contributed by atoms with Crippen LogP contribution in [0.3, 0.4) is 0 Å². The molecule has 3 rings (SSSR count). The summed E-state index contributed by atoms with van der Waals surface area (Å²) in [5.74, 6) is -0.120. The first-order chi connectivity index (χ1) is 9.00. The maximum absolute atomic E-state index is 10.8. The molecular formula is C16H17NO2. The van der Waals surface area contributed by atoms with Gasteiger partial charge in [-0.1, -0.05) is 55.4 Å². The number of fused-ring (bicyclic) bond motifs is 2. The lowest BCUT2D eigenvalue weighted by Crippen LogP contribution is -2.09. The number of carbonyl (C=O) groups is 1.